The van der Waals surface area contributed by atoms with Gasteiger partial charge in [0.2, 0.25) is 11.8 Å². The number of nitrogens with one attached hydrogen (secondary N) is 1. The molecule has 0 spiro atoms. The summed E-state index contributed by atoms with van der Waals surface area (Å²) in [5.74, 6) is -0.328. The smallest absolute Gasteiger partial charge is 0.231 e. The van der Waals surface area contributed by atoms with Crippen LogP contribution in [0.15, 0.2) is 29.6 Å². The van der Waals surface area contributed by atoms with Crippen molar-refractivity contribution in [3.63, 3.8) is 0 Å². The third-order valence-electron chi connectivity index (χ3n) is 4.40. The van der Waals surface area contributed by atoms with Gasteiger partial charge in [-0.3, -0.25) is 9.59 Å². The maximum Gasteiger partial charge on any atom is 0.231 e. The van der Waals surface area contributed by atoms with Crippen LogP contribution in [0.4, 0.5) is 5.13 Å². The van der Waals surface area contributed by atoms with Crippen molar-refractivity contribution >= 4 is 39.9 Å². The number of likely N-dealkylation sites (tertiary alicyclic amines) is 1. The van der Waals surface area contributed by atoms with Crippen LogP contribution >= 0.6 is 22.9 Å². The zero-order valence-electron chi connectivity index (χ0n) is 12.9. The third kappa shape index (κ3) is 3.03. The molecule has 24 heavy (non-hydrogen) atoms. The molecule has 1 unspecified atom stereocenters. The van der Waals surface area contributed by atoms with Gasteiger partial charge < -0.3 is 10.2 Å². The normalized spacial score (nSPS) is 20.5. The quantitative estimate of drug-likeness (QED) is 0.907. The summed E-state index contributed by atoms with van der Waals surface area (Å²) in [5, 5.41) is 5.87. The number of anilines is 1. The molecule has 1 aliphatic heterocycles. The van der Waals surface area contributed by atoms with E-state index in [1.54, 1.807) is 0 Å². The lowest BCUT2D eigenvalue weighted by atomic mass is 10.1. The molecule has 1 aromatic heterocycles. The molecule has 0 bridgehead atoms. The fourth-order valence-electron chi connectivity index (χ4n) is 2.98. The first-order chi connectivity index (χ1) is 11.6. The number of thiazole rings is 1. The summed E-state index contributed by atoms with van der Waals surface area (Å²) in [6.07, 6.45) is 2.42. The van der Waals surface area contributed by atoms with Crippen LogP contribution in [0.5, 0.6) is 0 Å². The number of aromatic nitrogens is 1. The number of nitrogens with zero attached hydrogens (tertiary/aromatic N) is 2. The van der Waals surface area contributed by atoms with Crippen molar-refractivity contribution in [2.45, 2.75) is 25.3 Å². The number of carbonyl (C=O) groups excluding carboxylic acids is 2. The van der Waals surface area contributed by atoms with Gasteiger partial charge in [0.25, 0.3) is 0 Å². The number of amides is 2. The van der Waals surface area contributed by atoms with Crippen LogP contribution in [0, 0.1) is 5.92 Å². The minimum absolute atomic E-state index is 0.0912. The highest BCUT2D eigenvalue weighted by atomic mass is 35.5. The highest BCUT2D eigenvalue weighted by Gasteiger charge is 2.41. The van der Waals surface area contributed by atoms with Crippen LogP contribution in [0.1, 0.15) is 19.3 Å². The van der Waals surface area contributed by atoms with Gasteiger partial charge in [-0.1, -0.05) is 29.8 Å². The summed E-state index contributed by atoms with van der Waals surface area (Å²) in [7, 11) is 0. The number of benzene rings is 1. The Labute approximate surface area is 148 Å². The largest absolute Gasteiger partial charge is 0.339 e. The maximum atomic E-state index is 12.4. The molecule has 1 saturated carbocycles. The number of hydrogen-bond donors (Lipinski definition) is 1. The molecule has 1 aromatic carbocycles. The summed E-state index contributed by atoms with van der Waals surface area (Å²) >= 11 is 7.54. The molecule has 2 heterocycles. The van der Waals surface area contributed by atoms with Gasteiger partial charge >= 0.3 is 0 Å². The van der Waals surface area contributed by atoms with Crippen molar-refractivity contribution in [3.05, 3.63) is 34.7 Å². The lowest BCUT2D eigenvalue weighted by Crippen LogP contribution is -2.29. The second-order valence-corrected chi connectivity index (χ2v) is 7.45. The SMILES string of the molecule is O=C(Nc1nc(-c2ccccc2Cl)cs1)C1CC(=O)N(C2CC2)C1. The van der Waals surface area contributed by atoms with E-state index in [4.69, 9.17) is 11.6 Å². The zero-order valence-corrected chi connectivity index (χ0v) is 14.4. The van der Waals surface area contributed by atoms with E-state index in [1.807, 2.05) is 34.5 Å². The molecule has 2 fully saturated rings. The third-order valence-corrected chi connectivity index (χ3v) is 5.49. The lowest BCUT2D eigenvalue weighted by Gasteiger charge is -2.14. The number of rotatable bonds is 4. The van der Waals surface area contributed by atoms with Crippen LogP contribution in [-0.2, 0) is 9.59 Å². The van der Waals surface area contributed by atoms with Crippen molar-refractivity contribution in [2.24, 2.45) is 5.92 Å². The first kappa shape index (κ1) is 15.6. The van der Waals surface area contributed by atoms with E-state index in [0.717, 1.165) is 24.1 Å². The molecule has 4 rings (SSSR count). The molecular weight excluding hydrogens is 346 g/mol. The van der Waals surface area contributed by atoms with Crippen LogP contribution < -0.4 is 5.32 Å². The molecule has 2 aliphatic rings. The Morgan fingerprint density at radius 1 is 1.33 bits per heavy atom. The summed E-state index contributed by atoms with van der Waals surface area (Å²) < 4.78 is 0. The predicted octanol–water partition coefficient (Wildman–Crippen LogP) is 3.41. The van der Waals surface area contributed by atoms with Gasteiger partial charge in [-0.25, -0.2) is 4.98 Å². The van der Waals surface area contributed by atoms with E-state index in [1.165, 1.54) is 11.3 Å². The van der Waals surface area contributed by atoms with Crippen molar-refractivity contribution in [2.75, 3.05) is 11.9 Å². The first-order valence-electron chi connectivity index (χ1n) is 7.92. The zero-order chi connectivity index (χ0) is 16.7. The molecule has 7 heteroatoms. The first-order valence-corrected chi connectivity index (χ1v) is 9.18. The average Bonchev–Trinajstić information content (AvgIpc) is 3.18. The number of hydrogen-bond acceptors (Lipinski definition) is 4. The van der Waals surface area contributed by atoms with Crippen molar-refractivity contribution in [1.82, 2.24) is 9.88 Å². The standard InChI is InChI=1S/C17H16ClN3O2S/c18-13-4-2-1-3-12(13)14-9-24-17(19-14)20-16(23)10-7-15(22)21(8-10)11-5-6-11/h1-4,9-11H,5-8H2,(H,19,20,23). The number of halogens is 1. The van der Waals surface area contributed by atoms with Crippen molar-refractivity contribution in [3.8, 4) is 11.3 Å². The van der Waals surface area contributed by atoms with Gasteiger partial charge in [-0.05, 0) is 18.9 Å². The molecule has 0 radical (unpaired) electrons. The minimum atomic E-state index is -0.286. The molecule has 124 valence electrons. The molecule has 5 nitrogen and oxygen atoms in total. The van der Waals surface area contributed by atoms with Gasteiger partial charge in [-0.2, -0.15) is 0 Å². The summed E-state index contributed by atoms with van der Waals surface area (Å²) in [5.41, 5.74) is 1.58. The molecule has 2 amide bonds. The van der Waals surface area contributed by atoms with Crippen LogP contribution in [-0.4, -0.2) is 34.3 Å². The second-order valence-electron chi connectivity index (χ2n) is 6.19. The van der Waals surface area contributed by atoms with Crippen molar-refractivity contribution in [1.29, 1.82) is 0 Å². The molecule has 1 atom stereocenters. The average molecular weight is 362 g/mol. The van der Waals surface area contributed by atoms with E-state index >= 15 is 0 Å². The fourth-order valence-corrected chi connectivity index (χ4v) is 3.92. The predicted molar refractivity (Wildman–Crippen MR) is 94.0 cm³/mol. The van der Waals surface area contributed by atoms with Gasteiger partial charge in [0.1, 0.15) is 0 Å². The molecule has 2 aromatic rings. The topological polar surface area (TPSA) is 62.3 Å². The Morgan fingerprint density at radius 3 is 2.88 bits per heavy atom. The van der Waals surface area contributed by atoms with E-state index in [9.17, 15) is 9.59 Å². The summed E-state index contributed by atoms with van der Waals surface area (Å²) in [6.45, 7) is 0.526. The van der Waals surface area contributed by atoms with Gasteiger partial charge in [0, 0.05) is 35.0 Å². The summed E-state index contributed by atoms with van der Waals surface area (Å²) in [4.78, 5) is 30.7. The van der Waals surface area contributed by atoms with E-state index in [-0.39, 0.29) is 17.7 Å². The maximum absolute atomic E-state index is 12.4. The Morgan fingerprint density at radius 2 is 2.12 bits per heavy atom. The Hall–Kier alpha value is -1.92. The highest BCUT2D eigenvalue weighted by molar-refractivity contribution is 7.14. The fraction of sp³-hybridized carbons (Fsp3) is 0.353. The number of carbonyl (C=O) groups is 2. The monoisotopic (exact) mass is 361 g/mol. The lowest BCUT2D eigenvalue weighted by molar-refractivity contribution is -0.128. The van der Waals surface area contributed by atoms with Crippen molar-refractivity contribution < 1.29 is 9.59 Å². The molecule has 1 aliphatic carbocycles. The van der Waals surface area contributed by atoms with E-state index < -0.39 is 0 Å². The minimum Gasteiger partial charge on any atom is -0.339 e. The van der Waals surface area contributed by atoms with Gasteiger partial charge in [-0.15, -0.1) is 11.3 Å². The highest BCUT2D eigenvalue weighted by Crippen LogP contribution is 2.34. The van der Waals surface area contributed by atoms with E-state index in [0.29, 0.717) is 29.2 Å². The van der Waals surface area contributed by atoms with E-state index in [2.05, 4.69) is 10.3 Å². The van der Waals surface area contributed by atoms with Crippen LogP contribution in [0.3, 0.4) is 0 Å². The second kappa shape index (κ2) is 6.18. The molecule has 1 saturated heterocycles. The Kier molecular flexibility index (Phi) is 4.02. The Balaban J connectivity index is 1.43. The Bertz CT molecular complexity index is 803. The summed E-state index contributed by atoms with van der Waals surface area (Å²) in [6, 6.07) is 7.83. The van der Waals surface area contributed by atoms with Crippen LogP contribution in [0.2, 0.25) is 5.02 Å². The molecule has 1 N–H and O–H groups in total. The van der Waals surface area contributed by atoms with Gasteiger partial charge in [0.05, 0.1) is 11.6 Å². The molecular formula is C17H16ClN3O2S. The van der Waals surface area contributed by atoms with Crippen LogP contribution in [0.25, 0.3) is 11.3 Å². The van der Waals surface area contributed by atoms with Gasteiger partial charge in [0.15, 0.2) is 5.13 Å².